The van der Waals surface area contributed by atoms with E-state index in [9.17, 15) is 19.5 Å². The molecule has 0 aliphatic heterocycles. The third kappa shape index (κ3) is 2.06. The van der Waals surface area contributed by atoms with E-state index in [2.05, 4.69) is 4.74 Å². The molecule has 0 saturated heterocycles. The quantitative estimate of drug-likeness (QED) is 0.533. The molecule has 0 unspecified atom stereocenters. The molecular weight excluding hydrogens is 200 g/mol. The van der Waals surface area contributed by atoms with E-state index in [1.807, 2.05) is 0 Å². The van der Waals surface area contributed by atoms with Crippen molar-refractivity contribution >= 4 is 17.5 Å². The highest BCUT2D eigenvalue weighted by Crippen LogP contribution is 2.27. The van der Waals surface area contributed by atoms with Crippen molar-refractivity contribution in [2.75, 3.05) is 7.11 Å². The standard InChI is InChI=1S/C10H12O5/c1-5(11)8-7(12)4-3-6(9(8)13)10(14)15-2/h6,13H,3-4H2,1-2H3/t6-/m1/s1. The van der Waals surface area contributed by atoms with E-state index in [-0.39, 0.29) is 18.4 Å². The smallest absolute Gasteiger partial charge is 0.316 e. The Morgan fingerprint density at radius 1 is 1.47 bits per heavy atom. The van der Waals surface area contributed by atoms with E-state index in [1.165, 1.54) is 14.0 Å². The predicted octanol–water partition coefficient (Wildman–Crippen LogP) is 0.540. The van der Waals surface area contributed by atoms with Crippen LogP contribution in [-0.2, 0) is 19.1 Å². The second kappa shape index (κ2) is 4.25. The summed E-state index contributed by atoms with van der Waals surface area (Å²) >= 11 is 0. The van der Waals surface area contributed by atoms with Crippen LogP contribution in [0.3, 0.4) is 0 Å². The van der Waals surface area contributed by atoms with Crippen molar-refractivity contribution in [3.05, 3.63) is 11.3 Å². The van der Waals surface area contributed by atoms with Gasteiger partial charge in [0.25, 0.3) is 0 Å². The van der Waals surface area contributed by atoms with Gasteiger partial charge in [-0.3, -0.25) is 14.4 Å². The Balaban J connectivity index is 3.12. The van der Waals surface area contributed by atoms with Gasteiger partial charge in [-0.15, -0.1) is 0 Å². The molecule has 82 valence electrons. The summed E-state index contributed by atoms with van der Waals surface area (Å²) in [7, 11) is 1.19. The monoisotopic (exact) mass is 212 g/mol. The third-order valence-electron chi connectivity index (χ3n) is 2.36. The van der Waals surface area contributed by atoms with Gasteiger partial charge in [0.1, 0.15) is 11.7 Å². The lowest BCUT2D eigenvalue weighted by molar-refractivity contribution is -0.145. The van der Waals surface area contributed by atoms with Crippen LogP contribution in [-0.4, -0.2) is 29.8 Å². The van der Waals surface area contributed by atoms with Gasteiger partial charge in [0.15, 0.2) is 11.6 Å². The first kappa shape index (κ1) is 11.4. The number of esters is 1. The summed E-state index contributed by atoms with van der Waals surface area (Å²) in [6, 6.07) is 0. The lowest BCUT2D eigenvalue weighted by Crippen LogP contribution is -2.29. The number of aliphatic hydroxyl groups excluding tert-OH is 1. The Labute approximate surface area is 86.7 Å². The number of carbonyl (C=O) groups is 3. The predicted molar refractivity (Wildman–Crippen MR) is 50.1 cm³/mol. The van der Waals surface area contributed by atoms with Crippen LogP contribution in [0.1, 0.15) is 19.8 Å². The molecule has 0 aromatic rings. The Bertz CT molecular complexity index is 353. The fourth-order valence-corrected chi connectivity index (χ4v) is 1.60. The fraction of sp³-hybridized carbons (Fsp3) is 0.500. The molecule has 1 aliphatic carbocycles. The molecular formula is C10H12O5. The van der Waals surface area contributed by atoms with Crippen molar-refractivity contribution in [2.45, 2.75) is 19.8 Å². The van der Waals surface area contributed by atoms with Crippen LogP contribution in [0, 0.1) is 5.92 Å². The first-order valence-electron chi connectivity index (χ1n) is 4.54. The van der Waals surface area contributed by atoms with Gasteiger partial charge < -0.3 is 9.84 Å². The normalized spacial score (nSPS) is 21.5. The summed E-state index contributed by atoms with van der Waals surface area (Å²) in [5, 5.41) is 9.61. The van der Waals surface area contributed by atoms with Gasteiger partial charge in [-0.2, -0.15) is 0 Å². The SMILES string of the molecule is COC(=O)[C@@H]1CCC(=O)C(C(C)=O)=C1O. The van der Waals surface area contributed by atoms with E-state index in [4.69, 9.17) is 0 Å². The van der Waals surface area contributed by atoms with Crippen LogP contribution in [0.15, 0.2) is 11.3 Å². The van der Waals surface area contributed by atoms with Gasteiger partial charge in [-0.25, -0.2) is 0 Å². The Kier molecular flexibility index (Phi) is 3.24. The fourth-order valence-electron chi connectivity index (χ4n) is 1.60. The van der Waals surface area contributed by atoms with Gasteiger partial charge in [0, 0.05) is 6.42 Å². The van der Waals surface area contributed by atoms with Crippen molar-refractivity contribution in [1.29, 1.82) is 0 Å². The number of rotatable bonds is 2. The maximum absolute atomic E-state index is 11.3. The second-order valence-electron chi connectivity index (χ2n) is 3.35. The number of hydrogen-bond acceptors (Lipinski definition) is 5. The lowest BCUT2D eigenvalue weighted by Gasteiger charge is -2.20. The van der Waals surface area contributed by atoms with Crippen LogP contribution >= 0.6 is 0 Å². The topological polar surface area (TPSA) is 80.7 Å². The van der Waals surface area contributed by atoms with E-state index >= 15 is 0 Å². The molecule has 0 heterocycles. The van der Waals surface area contributed by atoms with Crippen LogP contribution in [0.2, 0.25) is 0 Å². The minimum atomic E-state index is -0.883. The summed E-state index contributed by atoms with van der Waals surface area (Å²) in [5.74, 6) is -2.90. The molecule has 0 amide bonds. The Morgan fingerprint density at radius 2 is 2.07 bits per heavy atom. The summed E-state index contributed by atoms with van der Waals surface area (Å²) in [6.07, 6.45) is 0.271. The minimum Gasteiger partial charge on any atom is -0.511 e. The molecule has 1 rings (SSSR count). The van der Waals surface area contributed by atoms with E-state index in [0.29, 0.717) is 0 Å². The van der Waals surface area contributed by atoms with Crippen molar-refractivity contribution in [2.24, 2.45) is 5.92 Å². The zero-order chi connectivity index (χ0) is 11.6. The van der Waals surface area contributed by atoms with Crippen LogP contribution in [0.5, 0.6) is 0 Å². The van der Waals surface area contributed by atoms with Gasteiger partial charge >= 0.3 is 5.97 Å². The van der Waals surface area contributed by atoms with Crippen LogP contribution in [0.25, 0.3) is 0 Å². The maximum atomic E-state index is 11.3. The summed E-state index contributed by atoms with van der Waals surface area (Å²) in [5.41, 5.74) is -0.267. The van der Waals surface area contributed by atoms with Gasteiger partial charge in [-0.1, -0.05) is 0 Å². The lowest BCUT2D eigenvalue weighted by atomic mass is 9.86. The number of ether oxygens (including phenoxy) is 1. The second-order valence-corrected chi connectivity index (χ2v) is 3.35. The van der Waals surface area contributed by atoms with Gasteiger partial charge in [0.2, 0.25) is 0 Å². The average molecular weight is 212 g/mol. The first-order valence-corrected chi connectivity index (χ1v) is 4.54. The number of carbonyl (C=O) groups excluding carboxylic acids is 3. The molecule has 1 N–H and O–H groups in total. The molecule has 0 aromatic carbocycles. The number of hydrogen-bond donors (Lipinski definition) is 1. The number of aliphatic hydroxyl groups is 1. The first-order chi connectivity index (χ1) is 6.99. The summed E-state index contributed by atoms with van der Waals surface area (Å²) in [4.78, 5) is 33.6. The molecule has 15 heavy (non-hydrogen) atoms. The van der Waals surface area contributed by atoms with Crippen LogP contribution in [0.4, 0.5) is 0 Å². The molecule has 1 atom stereocenters. The highest BCUT2D eigenvalue weighted by Gasteiger charge is 2.35. The summed E-state index contributed by atoms with van der Waals surface area (Å²) < 4.78 is 4.47. The molecule has 0 spiro atoms. The molecule has 0 saturated carbocycles. The van der Waals surface area contributed by atoms with Crippen molar-refractivity contribution < 1.29 is 24.2 Å². The van der Waals surface area contributed by atoms with Gasteiger partial charge in [0.05, 0.1) is 12.7 Å². The average Bonchev–Trinajstić information content (AvgIpc) is 2.16. The Morgan fingerprint density at radius 3 is 2.53 bits per heavy atom. The molecule has 0 bridgehead atoms. The molecule has 0 aromatic heterocycles. The minimum absolute atomic E-state index is 0.0821. The third-order valence-corrected chi connectivity index (χ3v) is 2.36. The zero-order valence-corrected chi connectivity index (χ0v) is 8.57. The molecule has 5 nitrogen and oxygen atoms in total. The van der Waals surface area contributed by atoms with Gasteiger partial charge in [-0.05, 0) is 13.3 Å². The zero-order valence-electron chi connectivity index (χ0n) is 8.57. The van der Waals surface area contributed by atoms with Crippen molar-refractivity contribution in [3.8, 4) is 0 Å². The maximum Gasteiger partial charge on any atom is 0.316 e. The number of methoxy groups -OCH3 is 1. The molecule has 5 heteroatoms. The van der Waals surface area contributed by atoms with Crippen molar-refractivity contribution in [3.63, 3.8) is 0 Å². The number of Topliss-reactive ketones (excluding diaryl/α,β-unsaturated/α-hetero) is 2. The largest absolute Gasteiger partial charge is 0.511 e. The molecule has 0 radical (unpaired) electrons. The van der Waals surface area contributed by atoms with E-state index in [1.54, 1.807) is 0 Å². The highest BCUT2D eigenvalue weighted by molar-refractivity contribution is 6.20. The number of ketones is 2. The highest BCUT2D eigenvalue weighted by atomic mass is 16.5. The summed E-state index contributed by atoms with van der Waals surface area (Å²) in [6.45, 7) is 1.18. The van der Waals surface area contributed by atoms with E-state index in [0.717, 1.165) is 0 Å². The van der Waals surface area contributed by atoms with E-state index < -0.39 is 29.2 Å². The molecule has 1 aliphatic rings. The Hall–Kier alpha value is -1.65. The van der Waals surface area contributed by atoms with Crippen LogP contribution < -0.4 is 0 Å². The number of allylic oxidation sites excluding steroid dienone is 1. The molecule has 0 fully saturated rings. The van der Waals surface area contributed by atoms with Crippen molar-refractivity contribution in [1.82, 2.24) is 0 Å².